The molecular weight excluding hydrogens is 300 g/mol. The number of benzene rings is 2. The summed E-state index contributed by atoms with van der Waals surface area (Å²) in [5.41, 5.74) is 0.867. The van der Waals surface area contributed by atoms with Crippen molar-refractivity contribution < 1.29 is 19.7 Å². The third-order valence-electron chi connectivity index (χ3n) is 3.05. The molecule has 1 amide bonds. The van der Waals surface area contributed by atoms with Crippen molar-refractivity contribution in [3.05, 3.63) is 70.3 Å². The average molecular weight is 314 g/mol. The summed E-state index contributed by atoms with van der Waals surface area (Å²) in [6.07, 6.45) is 2.63. The molecule has 0 aromatic heterocycles. The van der Waals surface area contributed by atoms with Gasteiger partial charge in [0.2, 0.25) is 0 Å². The standard InChI is InChI=1S/C16H14N2O5/c1-23-15-9-7-13(8-10-15)17(20)16(19)11-4-12-2-5-14(6-3-12)18(21)22/h2-11,20H,1H3/b11-4+. The van der Waals surface area contributed by atoms with Crippen LogP contribution >= 0.6 is 0 Å². The Bertz CT molecular complexity index is 723. The molecule has 23 heavy (non-hydrogen) atoms. The summed E-state index contributed by atoms with van der Waals surface area (Å²) in [6.45, 7) is 0. The normalized spacial score (nSPS) is 10.5. The zero-order chi connectivity index (χ0) is 16.8. The Morgan fingerprint density at radius 3 is 2.30 bits per heavy atom. The van der Waals surface area contributed by atoms with Gasteiger partial charge in [-0.3, -0.25) is 20.1 Å². The summed E-state index contributed by atoms with van der Waals surface area (Å²) in [7, 11) is 1.52. The number of carbonyl (C=O) groups is 1. The zero-order valence-corrected chi connectivity index (χ0v) is 12.2. The van der Waals surface area contributed by atoms with E-state index in [1.165, 1.54) is 55.7 Å². The molecule has 118 valence electrons. The van der Waals surface area contributed by atoms with Crippen molar-refractivity contribution >= 4 is 23.4 Å². The van der Waals surface area contributed by atoms with Crippen molar-refractivity contribution in [3.63, 3.8) is 0 Å². The molecule has 0 unspecified atom stereocenters. The van der Waals surface area contributed by atoms with Crippen LogP contribution in [0.3, 0.4) is 0 Å². The highest BCUT2D eigenvalue weighted by Gasteiger charge is 2.10. The monoisotopic (exact) mass is 314 g/mol. The SMILES string of the molecule is COc1ccc(N(O)C(=O)/C=C/c2ccc([N+](=O)[O-])cc2)cc1. The van der Waals surface area contributed by atoms with Crippen LogP contribution in [-0.4, -0.2) is 23.1 Å². The van der Waals surface area contributed by atoms with Gasteiger partial charge in [0, 0.05) is 18.2 Å². The first kappa shape index (κ1) is 16.2. The number of amides is 1. The van der Waals surface area contributed by atoms with Gasteiger partial charge in [-0.25, -0.2) is 0 Å². The quantitative estimate of drug-likeness (QED) is 0.396. The van der Waals surface area contributed by atoms with Gasteiger partial charge in [-0.2, -0.15) is 5.06 Å². The first-order valence-electron chi connectivity index (χ1n) is 6.61. The number of hydrogen-bond donors (Lipinski definition) is 1. The summed E-state index contributed by atoms with van der Waals surface area (Å²) < 4.78 is 4.99. The number of nitro groups is 1. The van der Waals surface area contributed by atoms with Gasteiger partial charge in [-0.05, 0) is 48.0 Å². The number of rotatable bonds is 5. The topological polar surface area (TPSA) is 92.9 Å². The van der Waals surface area contributed by atoms with E-state index in [1.54, 1.807) is 12.1 Å². The number of anilines is 1. The van der Waals surface area contributed by atoms with Crippen LogP contribution in [0.5, 0.6) is 5.75 Å². The fraction of sp³-hybridized carbons (Fsp3) is 0.0625. The van der Waals surface area contributed by atoms with E-state index in [0.717, 1.165) is 0 Å². The van der Waals surface area contributed by atoms with E-state index in [2.05, 4.69) is 0 Å². The third kappa shape index (κ3) is 4.14. The average Bonchev–Trinajstić information content (AvgIpc) is 2.59. The zero-order valence-electron chi connectivity index (χ0n) is 12.2. The molecule has 0 bridgehead atoms. The molecule has 2 aromatic carbocycles. The molecule has 7 nitrogen and oxygen atoms in total. The van der Waals surface area contributed by atoms with Crippen LogP contribution in [0.15, 0.2) is 54.6 Å². The second-order valence-electron chi connectivity index (χ2n) is 4.53. The van der Waals surface area contributed by atoms with Gasteiger partial charge in [-0.1, -0.05) is 0 Å². The number of carbonyl (C=O) groups excluding carboxylic acids is 1. The molecule has 0 spiro atoms. The van der Waals surface area contributed by atoms with Crippen LogP contribution in [0.1, 0.15) is 5.56 Å². The number of ether oxygens (including phenoxy) is 1. The van der Waals surface area contributed by atoms with Crippen LogP contribution < -0.4 is 9.80 Å². The van der Waals surface area contributed by atoms with Crippen molar-refractivity contribution in [3.8, 4) is 5.75 Å². The van der Waals surface area contributed by atoms with Crippen LogP contribution in [0.4, 0.5) is 11.4 Å². The summed E-state index contributed by atoms with van der Waals surface area (Å²) in [5.74, 6) is -0.0375. The molecular formula is C16H14N2O5. The molecule has 0 aliphatic heterocycles. The number of hydrogen-bond acceptors (Lipinski definition) is 5. The summed E-state index contributed by atoms with van der Waals surface area (Å²) >= 11 is 0. The number of non-ortho nitro benzene ring substituents is 1. The van der Waals surface area contributed by atoms with Crippen molar-refractivity contribution in [2.75, 3.05) is 12.2 Å². The van der Waals surface area contributed by atoms with Gasteiger partial charge in [0.15, 0.2) is 0 Å². The third-order valence-corrected chi connectivity index (χ3v) is 3.05. The number of nitro benzene ring substituents is 1. The summed E-state index contributed by atoms with van der Waals surface area (Å²) in [6, 6.07) is 12.0. The Morgan fingerprint density at radius 1 is 1.17 bits per heavy atom. The lowest BCUT2D eigenvalue weighted by molar-refractivity contribution is -0.384. The molecule has 7 heteroatoms. The van der Waals surface area contributed by atoms with Crippen LogP contribution in [0.2, 0.25) is 0 Å². The molecule has 0 fully saturated rings. The maximum absolute atomic E-state index is 11.9. The van der Waals surface area contributed by atoms with E-state index in [-0.39, 0.29) is 5.69 Å². The lowest BCUT2D eigenvalue weighted by Gasteiger charge is -2.13. The van der Waals surface area contributed by atoms with Crippen LogP contribution in [0, 0.1) is 10.1 Å². The van der Waals surface area contributed by atoms with E-state index in [0.29, 0.717) is 22.1 Å². The predicted molar refractivity (Wildman–Crippen MR) is 84.4 cm³/mol. The molecule has 0 saturated carbocycles. The van der Waals surface area contributed by atoms with Crippen molar-refractivity contribution in [1.29, 1.82) is 0 Å². The van der Waals surface area contributed by atoms with Gasteiger partial charge in [-0.15, -0.1) is 0 Å². The van der Waals surface area contributed by atoms with E-state index in [1.807, 2.05) is 0 Å². The predicted octanol–water partition coefficient (Wildman–Crippen LogP) is 3.04. The first-order valence-corrected chi connectivity index (χ1v) is 6.61. The molecule has 1 N–H and O–H groups in total. The van der Waals surface area contributed by atoms with Gasteiger partial charge in [0.1, 0.15) is 5.75 Å². The van der Waals surface area contributed by atoms with E-state index in [4.69, 9.17) is 4.74 Å². The maximum Gasteiger partial charge on any atom is 0.274 e. The Hall–Kier alpha value is -3.19. The highest BCUT2D eigenvalue weighted by atomic mass is 16.6. The minimum absolute atomic E-state index is 0.0319. The minimum Gasteiger partial charge on any atom is -0.497 e. The summed E-state index contributed by atoms with van der Waals surface area (Å²) in [5, 5.41) is 20.9. The van der Waals surface area contributed by atoms with Gasteiger partial charge in [0.25, 0.3) is 11.6 Å². The second-order valence-corrected chi connectivity index (χ2v) is 4.53. The maximum atomic E-state index is 11.9. The highest BCUT2D eigenvalue weighted by Crippen LogP contribution is 2.18. The van der Waals surface area contributed by atoms with Crippen LogP contribution in [-0.2, 0) is 4.79 Å². The Labute approximate surface area is 132 Å². The fourth-order valence-corrected chi connectivity index (χ4v) is 1.80. The van der Waals surface area contributed by atoms with Gasteiger partial charge < -0.3 is 4.74 Å². The number of hydroxylamine groups is 1. The van der Waals surface area contributed by atoms with Crippen molar-refractivity contribution in [2.24, 2.45) is 0 Å². The van der Waals surface area contributed by atoms with Crippen LogP contribution in [0.25, 0.3) is 6.08 Å². The van der Waals surface area contributed by atoms with Gasteiger partial charge >= 0.3 is 0 Å². The minimum atomic E-state index is -0.645. The largest absolute Gasteiger partial charge is 0.497 e. The highest BCUT2D eigenvalue weighted by molar-refractivity contribution is 6.02. The van der Waals surface area contributed by atoms with Crippen molar-refractivity contribution in [2.45, 2.75) is 0 Å². The molecule has 2 aromatic rings. The van der Waals surface area contributed by atoms with Gasteiger partial charge in [0.05, 0.1) is 17.7 Å². The smallest absolute Gasteiger partial charge is 0.274 e. The Morgan fingerprint density at radius 2 is 1.78 bits per heavy atom. The Balaban J connectivity index is 2.05. The lowest BCUT2D eigenvalue weighted by Crippen LogP contribution is -2.24. The second kappa shape index (κ2) is 7.19. The van der Waals surface area contributed by atoms with E-state index < -0.39 is 10.8 Å². The van der Waals surface area contributed by atoms with E-state index >= 15 is 0 Å². The molecule has 0 radical (unpaired) electrons. The molecule has 0 aliphatic rings. The first-order chi connectivity index (χ1) is 11.0. The molecule has 0 atom stereocenters. The molecule has 2 rings (SSSR count). The molecule has 0 saturated heterocycles. The summed E-state index contributed by atoms with van der Waals surface area (Å²) in [4.78, 5) is 21.9. The number of methoxy groups -OCH3 is 1. The van der Waals surface area contributed by atoms with E-state index in [9.17, 15) is 20.1 Å². The van der Waals surface area contributed by atoms with Crippen molar-refractivity contribution in [1.82, 2.24) is 0 Å². The lowest BCUT2D eigenvalue weighted by atomic mass is 10.2. The fourth-order valence-electron chi connectivity index (χ4n) is 1.80. The Kier molecular flexibility index (Phi) is 5.06. The molecule has 0 heterocycles. The molecule has 0 aliphatic carbocycles. The number of nitrogens with zero attached hydrogens (tertiary/aromatic N) is 2.